The van der Waals surface area contributed by atoms with Gasteiger partial charge in [0.2, 0.25) is 70.9 Å². The molecule has 4 aliphatic heterocycles. The van der Waals surface area contributed by atoms with Crippen LogP contribution in [0, 0.1) is 29.4 Å². The number of alkyl halides is 3. The summed E-state index contributed by atoms with van der Waals surface area (Å²) in [5.41, 5.74) is -4.10. The lowest BCUT2D eigenvalue weighted by Crippen LogP contribution is -2.68. The molecule has 1 spiro atoms. The Bertz CT molecular complexity index is 3310. The largest absolute Gasteiger partial charge is 0.422 e. The van der Waals surface area contributed by atoms with Gasteiger partial charge in [0.25, 0.3) is 0 Å². The summed E-state index contributed by atoms with van der Waals surface area (Å²) in [6.45, 7) is 6.19. The van der Waals surface area contributed by atoms with E-state index in [0.717, 1.165) is 46.8 Å². The van der Waals surface area contributed by atoms with Gasteiger partial charge in [0.15, 0.2) is 0 Å². The van der Waals surface area contributed by atoms with Crippen molar-refractivity contribution in [2.45, 2.75) is 242 Å². The van der Waals surface area contributed by atoms with E-state index in [4.69, 9.17) is 4.74 Å². The molecular weight excluding hydrogens is 1360 g/mol. The highest BCUT2D eigenvalue weighted by Crippen LogP contribution is 2.40. The summed E-state index contributed by atoms with van der Waals surface area (Å²) in [5.74, 6) is -13.3. The van der Waals surface area contributed by atoms with E-state index in [2.05, 4.69) is 16.0 Å². The van der Waals surface area contributed by atoms with Crippen molar-refractivity contribution in [3.8, 4) is 0 Å². The van der Waals surface area contributed by atoms with Gasteiger partial charge in [-0.1, -0.05) is 84.3 Å². The standard InChI is InChI=1S/C74H109F5N12O13/c1-11-45(4)62-70(101)84(6)44-60(94)86(8)54-29-18-15-21-36-90(69(54)100)57(39-46-25-16-14-17-26-46)67(98)83(5)43-58(92)80-52(31-30-47-37-50(75)61(51(76)38-47)74(77,78)79)66(97)91-42-49(104-13-3)40-55(91)65(96)82-73(32-24-33-73)72(103)88(10)63(48-27-19-20-28-48)71(102)87(9)56(68(99)89-34-22-23-35-89)41-59(93)85(7)53(12-2)64(95)81-62/h15,18,37-38,45-46,48-49,52-57,62-63H,11-14,16-17,19-36,39-44H2,1-10H3,(H,80,92)(H,81,95)(H,82,96)/b18-15-/t45-,49+,52-,53-,54+,55-,56-,57-,62-,63-/m0/s1. The SMILES string of the molecule is CCO[C@@H]1C[C@H]2C(=O)NC3(CCC3)C(=O)N(C)[C@@H](C3CCCC3)C(=O)N(C)[C@H](C(=O)N3CCCC3)CC(=O)N(C)[C@@H](CC)C(=O)N[C@@H]([C@@H](C)CC)C(=O)N(C)CC(=O)N(C)[C@@H]3C/C=C\CCN(C3=O)[C@@H](CC3CCCCC3)C(=O)N(C)CC(=O)N[C@@H](CCc3cc(F)c(C(F)(F)F)c(F)c3)C(=O)N2C1. The van der Waals surface area contributed by atoms with Crippen molar-refractivity contribution in [2.24, 2.45) is 17.8 Å². The van der Waals surface area contributed by atoms with Crippen molar-refractivity contribution in [1.29, 1.82) is 0 Å². The quantitative estimate of drug-likeness (QED) is 0.176. The number of halogens is 5. The number of carbonyl (C=O) groups is 12. The average Bonchev–Trinajstić information content (AvgIpc) is 1.35. The Labute approximate surface area is 607 Å². The summed E-state index contributed by atoms with van der Waals surface area (Å²) in [5, 5.41) is 8.48. The van der Waals surface area contributed by atoms with Crippen molar-refractivity contribution in [1.82, 2.24) is 60.0 Å². The zero-order valence-corrected chi connectivity index (χ0v) is 62.2. The molecule has 3 saturated carbocycles. The number of rotatable bonds is 12. The second-order valence-corrected chi connectivity index (χ2v) is 29.9. The molecule has 578 valence electrons. The Kier molecular flexibility index (Phi) is 28.3. The summed E-state index contributed by atoms with van der Waals surface area (Å²) in [7, 11) is 8.39. The van der Waals surface area contributed by atoms with Gasteiger partial charge in [0.05, 0.1) is 25.6 Å². The normalized spacial score (nSPS) is 28.3. The van der Waals surface area contributed by atoms with Crippen LogP contribution in [0.15, 0.2) is 24.3 Å². The monoisotopic (exact) mass is 1470 g/mol. The minimum Gasteiger partial charge on any atom is -0.377 e. The lowest BCUT2D eigenvalue weighted by atomic mass is 9.74. The first-order valence-corrected chi connectivity index (χ1v) is 37.5. The fraction of sp³-hybridized carbons (Fsp3) is 0.730. The molecule has 3 N–H and O–H groups in total. The molecule has 3 aliphatic carbocycles. The summed E-state index contributed by atoms with van der Waals surface area (Å²) in [6, 6.07) is -9.66. The summed E-state index contributed by atoms with van der Waals surface area (Å²) in [4.78, 5) is 192. The first-order valence-electron chi connectivity index (χ1n) is 37.5. The number of aryl methyl sites for hydroxylation is 1. The van der Waals surface area contributed by atoms with Crippen molar-refractivity contribution in [3.05, 3.63) is 47.0 Å². The average molecular weight is 1470 g/mol. The smallest absolute Gasteiger partial charge is 0.377 e. The second kappa shape index (κ2) is 36.0. The molecule has 1 aromatic rings. The van der Waals surface area contributed by atoms with Gasteiger partial charge in [-0.2, -0.15) is 13.2 Å². The van der Waals surface area contributed by atoms with Crippen LogP contribution in [0.3, 0.4) is 0 Å². The number of nitrogens with zero attached hydrogens (tertiary/aromatic N) is 9. The highest BCUT2D eigenvalue weighted by molar-refractivity contribution is 6.01. The molecule has 3 saturated heterocycles. The van der Waals surface area contributed by atoms with Crippen LogP contribution in [0.25, 0.3) is 0 Å². The fourth-order valence-electron chi connectivity index (χ4n) is 16.4. The second-order valence-electron chi connectivity index (χ2n) is 29.9. The van der Waals surface area contributed by atoms with Crippen molar-refractivity contribution < 1.29 is 84.2 Å². The number of benzene rings is 1. The Morgan fingerprint density at radius 1 is 0.654 bits per heavy atom. The van der Waals surface area contributed by atoms with E-state index >= 15 is 37.5 Å². The third-order valence-corrected chi connectivity index (χ3v) is 23.0. The Morgan fingerprint density at radius 3 is 1.88 bits per heavy atom. The van der Waals surface area contributed by atoms with Gasteiger partial charge in [-0.15, -0.1) is 0 Å². The minimum atomic E-state index is -5.40. The molecule has 8 rings (SSSR count). The molecule has 30 heteroatoms. The number of carbonyl (C=O) groups excluding carboxylic acids is 12. The van der Waals surface area contributed by atoms with E-state index in [1.807, 2.05) is 13.0 Å². The molecular formula is C74H109F5N12O13. The molecule has 25 nitrogen and oxygen atoms in total. The van der Waals surface area contributed by atoms with Crippen LogP contribution < -0.4 is 16.0 Å². The Balaban J connectivity index is 1.20. The van der Waals surface area contributed by atoms with Crippen LogP contribution >= 0.6 is 0 Å². The van der Waals surface area contributed by atoms with Gasteiger partial charge < -0.3 is 64.8 Å². The minimum absolute atomic E-state index is 0.0110. The van der Waals surface area contributed by atoms with Crippen molar-refractivity contribution >= 4 is 70.9 Å². The Morgan fingerprint density at radius 2 is 1.29 bits per heavy atom. The first kappa shape index (κ1) is 81.9. The third-order valence-electron chi connectivity index (χ3n) is 23.0. The number of ether oxygens (including phenoxy) is 1. The lowest BCUT2D eigenvalue weighted by Gasteiger charge is -2.46. The van der Waals surface area contributed by atoms with Gasteiger partial charge in [0, 0.05) is 81.5 Å². The van der Waals surface area contributed by atoms with E-state index in [-0.39, 0.29) is 69.7 Å². The maximum absolute atomic E-state index is 15.6. The fourth-order valence-corrected chi connectivity index (χ4v) is 16.4. The molecule has 2 bridgehead atoms. The number of hydrogen-bond acceptors (Lipinski definition) is 13. The highest BCUT2D eigenvalue weighted by Gasteiger charge is 2.54. The zero-order valence-electron chi connectivity index (χ0n) is 62.2. The van der Waals surface area contributed by atoms with Crippen LogP contribution in [-0.4, -0.2) is 263 Å². The molecule has 6 fully saturated rings. The molecule has 4 heterocycles. The predicted molar refractivity (Wildman–Crippen MR) is 373 cm³/mol. The number of likely N-dealkylation sites (N-methyl/N-ethyl adjacent to an activating group) is 6. The van der Waals surface area contributed by atoms with E-state index in [0.29, 0.717) is 83.0 Å². The van der Waals surface area contributed by atoms with Gasteiger partial charge in [-0.25, -0.2) is 8.78 Å². The Hall–Kier alpha value is -7.79. The molecule has 12 amide bonds. The lowest BCUT2D eigenvalue weighted by molar-refractivity contribution is -0.158. The first-order chi connectivity index (χ1) is 49.3. The predicted octanol–water partition coefficient (Wildman–Crippen LogP) is 5.35. The molecule has 0 radical (unpaired) electrons. The van der Waals surface area contributed by atoms with Crippen molar-refractivity contribution in [3.63, 3.8) is 0 Å². The number of likely N-dealkylation sites (tertiary alicyclic amines) is 1. The van der Waals surface area contributed by atoms with E-state index in [1.54, 1.807) is 31.7 Å². The van der Waals surface area contributed by atoms with Crippen LogP contribution in [0.1, 0.15) is 180 Å². The number of fused-ring (bicyclic) bond motifs is 3. The summed E-state index contributed by atoms with van der Waals surface area (Å²) < 4.78 is 78.0. The highest BCUT2D eigenvalue weighted by atomic mass is 19.4. The van der Waals surface area contributed by atoms with Crippen LogP contribution in [0.2, 0.25) is 0 Å². The third kappa shape index (κ3) is 19.1. The number of amides is 12. The summed E-state index contributed by atoms with van der Waals surface area (Å²) >= 11 is 0. The molecule has 0 unspecified atom stereocenters. The maximum Gasteiger partial charge on any atom is 0.422 e. The van der Waals surface area contributed by atoms with Gasteiger partial charge in [-0.3, -0.25) is 57.5 Å². The van der Waals surface area contributed by atoms with E-state index < -0.39 is 198 Å². The topological polar surface area (TPSA) is 279 Å². The van der Waals surface area contributed by atoms with E-state index in [1.165, 1.54) is 66.8 Å². The van der Waals surface area contributed by atoms with Gasteiger partial charge >= 0.3 is 6.18 Å². The van der Waals surface area contributed by atoms with Gasteiger partial charge in [0.1, 0.15) is 71.1 Å². The zero-order chi connectivity index (χ0) is 76.2. The van der Waals surface area contributed by atoms with Crippen LogP contribution in [-0.2, 0) is 74.9 Å². The van der Waals surface area contributed by atoms with Crippen LogP contribution in [0.5, 0.6) is 0 Å². The molecule has 10 atom stereocenters. The van der Waals surface area contributed by atoms with Crippen molar-refractivity contribution in [2.75, 3.05) is 88.2 Å². The van der Waals surface area contributed by atoms with Crippen LogP contribution in [0.4, 0.5) is 22.0 Å². The number of hydrogen-bond donors (Lipinski definition) is 3. The van der Waals surface area contributed by atoms with Gasteiger partial charge in [-0.05, 0) is 126 Å². The number of nitrogens with one attached hydrogen (secondary N) is 3. The molecule has 0 aromatic heterocycles. The molecule has 7 aliphatic rings. The molecule has 104 heavy (non-hydrogen) atoms. The van der Waals surface area contributed by atoms with E-state index in [9.17, 15) is 41.9 Å². The maximum atomic E-state index is 15.6. The molecule has 1 aromatic carbocycles. The summed E-state index contributed by atoms with van der Waals surface area (Å²) in [6.07, 6.45) is 5.08.